The molecule has 7 heteroatoms. The number of benzene rings is 1. The lowest BCUT2D eigenvalue weighted by molar-refractivity contribution is -0.135. The van der Waals surface area contributed by atoms with Gasteiger partial charge in [-0.2, -0.15) is 0 Å². The molecular formula is C18H26N4O3. The maximum atomic E-state index is 12.4. The fraction of sp³-hybridized carbons (Fsp3) is 0.556. The largest absolute Gasteiger partial charge is 0.375 e. The van der Waals surface area contributed by atoms with E-state index in [2.05, 4.69) is 27.7 Å². The first-order valence-corrected chi connectivity index (χ1v) is 8.85. The van der Waals surface area contributed by atoms with Crippen molar-refractivity contribution >= 4 is 17.5 Å². The fourth-order valence-corrected chi connectivity index (χ4v) is 3.26. The van der Waals surface area contributed by atoms with Gasteiger partial charge in [0.1, 0.15) is 6.04 Å². The van der Waals surface area contributed by atoms with E-state index in [1.165, 1.54) is 5.69 Å². The van der Waals surface area contributed by atoms with Gasteiger partial charge in [0, 0.05) is 38.4 Å². The molecule has 3 rings (SSSR count). The molecule has 2 fully saturated rings. The number of rotatable bonds is 4. The summed E-state index contributed by atoms with van der Waals surface area (Å²) in [4.78, 5) is 28.6. The van der Waals surface area contributed by atoms with Crippen molar-refractivity contribution < 1.29 is 14.3 Å². The first-order chi connectivity index (χ1) is 12.1. The number of piperazine rings is 1. The van der Waals surface area contributed by atoms with Crippen LogP contribution in [0, 0.1) is 0 Å². The normalized spacial score (nSPS) is 24.0. The summed E-state index contributed by atoms with van der Waals surface area (Å²) in [6.45, 7) is 6.11. The molecule has 7 nitrogen and oxygen atoms in total. The quantitative estimate of drug-likeness (QED) is 0.792. The molecule has 0 unspecified atom stereocenters. The lowest BCUT2D eigenvalue weighted by atomic mass is 10.1. The second-order valence-electron chi connectivity index (χ2n) is 6.43. The lowest BCUT2D eigenvalue weighted by Gasteiger charge is -2.36. The zero-order chi connectivity index (χ0) is 17.6. The molecule has 2 atom stereocenters. The van der Waals surface area contributed by atoms with E-state index in [0.717, 1.165) is 13.1 Å². The van der Waals surface area contributed by atoms with Crippen molar-refractivity contribution in [3.05, 3.63) is 30.3 Å². The van der Waals surface area contributed by atoms with Gasteiger partial charge in [-0.15, -0.1) is 0 Å². The predicted octanol–water partition coefficient (Wildman–Crippen LogP) is -0.172. The van der Waals surface area contributed by atoms with E-state index < -0.39 is 6.04 Å². The highest BCUT2D eigenvalue weighted by Crippen LogP contribution is 2.15. The molecule has 2 heterocycles. The van der Waals surface area contributed by atoms with Crippen molar-refractivity contribution in [2.45, 2.75) is 19.1 Å². The highest BCUT2D eigenvalue weighted by molar-refractivity contribution is 5.88. The lowest BCUT2D eigenvalue weighted by Crippen LogP contribution is -2.57. The van der Waals surface area contributed by atoms with Crippen LogP contribution in [0.3, 0.4) is 0 Å². The number of hydrogen-bond acceptors (Lipinski definition) is 5. The minimum absolute atomic E-state index is 0.0366. The Kier molecular flexibility index (Phi) is 5.88. The second kappa shape index (κ2) is 8.31. The predicted molar refractivity (Wildman–Crippen MR) is 95.4 cm³/mol. The van der Waals surface area contributed by atoms with E-state index in [9.17, 15) is 9.59 Å². The van der Waals surface area contributed by atoms with Crippen LogP contribution >= 0.6 is 0 Å². The summed E-state index contributed by atoms with van der Waals surface area (Å²) in [6.07, 6.45) is -0.182. The minimum Gasteiger partial charge on any atom is -0.375 e. The SMILES string of the molecule is C[C@H]1OCCN[C@@H]1C(=O)NCC(=O)N1CCN(c2ccccc2)CC1. The van der Waals surface area contributed by atoms with Gasteiger partial charge in [-0.25, -0.2) is 0 Å². The third kappa shape index (κ3) is 4.49. The summed E-state index contributed by atoms with van der Waals surface area (Å²) in [5, 5.41) is 5.86. The molecule has 2 saturated heterocycles. The fourth-order valence-electron chi connectivity index (χ4n) is 3.26. The Morgan fingerprint density at radius 1 is 1.20 bits per heavy atom. The minimum atomic E-state index is -0.392. The van der Waals surface area contributed by atoms with Gasteiger partial charge < -0.3 is 25.2 Å². The van der Waals surface area contributed by atoms with Gasteiger partial charge in [0.2, 0.25) is 11.8 Å². The Bertz CT molecular complexity index is 587. The van der Waals surface area contributed by atoms with E-state index >= 15 is 0 Å². The van der Waals surface area contributed by atoms with E-state index in [0.29, 0.717) is 26.2 Å². The van der Waals surface area contributed by atoms with Crippen molar-refractivity contribution in [1.29, 1.82) is 0 Å². The van der Waals surface area contributed by atoms with Crippen molar-refractivity contribution in [1.82, 2.24) is 15.5 Å². The van der Waals surface area contributed by atoms with Crippen molar-refractivity contribution in [2.24, 2.45) is 0 Å². The van der Waals surface area contributed by atoms with Crippen LogP contribution in [0.1, 0.15) is 6.92 Å². The first kappa shape index (κ1) is 17.7. The molecule has 0 spiro atoms. The summed E-state index contributed by atoms with van der Waals surface area (Å²) in [7, 11) is 0. The second-order valence-corrected chi connectivity index (χ2v) is 6.43. The zero-order valence-corrected chi connectivity index (χ0v) is 14.6. The van der Waals surface area contributed by atoms with Crippen LogP contribution in [0.4, 0.5) is 5.69 Å². The molecule has 0 bridgehead atoms. The Labute approximate surface area is 148 Å². The molecule has 1 aromatic carbocycles. The van der Waals surface area contributed by atoms with Gasteiger partial charge in [0.05, 0.1) is 19.3 Å². The number of amides is 2. The Morgan fingerprint density at radius 2 is 1.92 bits per heavy atom. The maximum Gasteiger partial charge on any atom is 0.242 e. The van der Waals surface area contributed by atoms with Crippen LogP contribution in [-0.2, 0) is 14.3 Å². The van der Waals surface area contributed by atoms with Crippen LogP contribution in [0.15, 0.2) is 30.3 Å². The number of anilines is 1. The van der Waals surface area contributed by atoms with E-state index in [1.54, 1.807) is 0 Å². The highest BCUT2D eigenvalue weighted by atomic mass is 16.5. The maximum absolute atomic E-state index is 12.4. The van der Waals surface area contributed by atoms with Crippen LogP contribution in [0.25, 0.3) is 0 Å². The Hall–Kier alpha value is -2.12. The van der Waals surface area contributed by atoms with Crippen molar-refractivity contribution in [3.63, 3.8) is 0 Å². The molecule has 2 aliphatic heterocycles. The summed E-state index contributed by atoms with van der Waals surface area (Å²) in [5.74, 6) is -0.214. The Morgan fingerprint density at radius 3 is 2.60 bits per heavy atom. The average Bonchev–Trinajstić information content (AvgIpc) is 2.67. The van der Waals surface area contributed by atoms with E-state index in [1.807, 2.05) is 30.0 Å². The van der Waals surface area contributed by atoms with Crippen LogP contribution < -0.4 is 15.5 Å². The molecule has 136 valence electrons. The van der Waals surface area contributed by atoms with Gasteiger partial charge in [-0.05, 0) is 19.1 Å². The van der Waals surface area contributed by atoms with Crippen molar-refractivity contribution in [3.8, 4) is 0 Å². The first-order valence-electron chi connectivity index (χ1n) is 8.85. The zero-order valence-electron chi connectivity index (χ0n) is 14.6. The van der Waals surface area contributed by atoms with Gasteiger partial charge in [-0.3, -0.25) is 9.59 Å². The standard InChI is InChI=1S/C18H26N4O3/c1-14-17(19-7-12-25-14)18(24)20-13-16(23)22-10-8-21(9-11-22)15-5-3-2-4-6-15/h2-6,14,17,19H,7-13H2,1H3,(H,20,24)/t14-,17+/m1/s1. The van der Waals surface area contributed by atoms with Gasteiger partial charge >= 0.3 is 0 Å². The Balaban J connectivity index is 1.43. The van der Waals surface area contributed by atoms with Crippen molar-refractivity contribution in [2.75, 3.05) is 50.8 Å². The number of hydrogen-bond donors (Lipinski definition) is 2. The molecule has 0 saturated carbocycles. The van der Waals surface area contributed by atoms with Gasteiger partial charge in [-0.1, -0.05) is 18.2 Å². The highest BCUT2D eigenvalue weighted by Gasteiger charge is 2.29. The molecule has 2 amide bonds. The number of carbonyl (C=O) groups excluding carboxylic acids is 2. The number of ether oxygens (including phenoxy) is 1. The third-order valence-corrected chi connectivity index (χ3v) is 4.77. The van der Waals surface area contributed by atoms with Crippen LogP contribution in [0.2, 0.25) is 0 Å². The topological polar surface area (TPSA) is 73.9 Å². The smallest absolute Gasteiger partial charge is 0.242 e. The molecule has 0 aromatic heterocycles. The summed E-state index contributed by atoms with van der Waals surface area (Å²) < 4.78 is 5.46. The summed E-state index contributed by atoms with van der Waals surface area (Å²) in [6, 6.07) is 9.81. The van der Waals surface area contributed by atoms with Gasteiger partial charge in [0.25, 0.3) is 0 Å². The van der Waals surface area contributed by atoms with Crippen LogP contribution in [-0.4, -0.2) is 74.7 Å². The van der Waals surface area contributed by atoms with Crippen LogP contribution in [0.5, 0.6) is 0 Å². The molecule has 0 radical (unpaired) electrons. The summed E-state index contributed by atoms with van der Waals surface area (Å²) >= 11 is 0. The molecular weight excluding hydrogens is 320 g/mol. The van der Waals surface area contributed by atoms with E-state index in [-0.39, 0.29) is 24.5 Å². The number of para-hydroxylation sites is 1. The molecule has 1 aromatic rings. The number of carbonyl (C=O) groups is 2. The molecule has 25 heavy (non-hydrogen) atoms. The summed E-state index contributed by atoms with van der Waals surface area (Å²) in [5.41, 5.74) is 1.18. The number of morpholine rings is 1. The molecule has 0 aliphatic carbocycles. The molecule has 2 aliphatic rings. The molecule has 2 N–H and O–H groups in total. The average molecular weight is 346 g/mol. The van der Waals surface area contributed by atoms with E-state index in [4.69, 9.17) is 4.74 Å². The number of nitrogens with one attached hydrogen (secondary N) is 2. The monoisotopic (exact) mass is 346 g/mol. The number of nitrogens with zero attached hydrogens (tertiary/aromatic N) is 2. The van der Waals surface area contributed by atoms with Gasteiger partial charge in [0.15, 0.2) is 0 Å². The third-order valence-electron chi connectivity index (χ3n) is 4.77.